The van der Waals surface area contributed by atoms with Crippen molar-refractivity contribution in [2.24, 2.45) is 0 Å². The first kappa shape index (κ1) is 16.7. The number of fused-ring (bicyclic) bond motifs is 2. The third-order valence-corrected chi connectivity index (χ3v) is 5.47. The van der Waals surface area contributed by atoms with Gasteiger partial charge in [-0.15, -0.1) is 10.2 Å². The minimum Gasteiger partial charge on any atom is -0.507 e. The molecule has 4 atom stereocenters. The number of halogens is 1. The van der Waals surface area contributed by atoms with Crippen molar-refractivity contribution in [3.63, 3.8) is 0 Å². The summed E-state index contributed by atoms with van der Waals surface area (Å²) in [5, 5.41) is 30.7. The number of phenols is 1. The lowest BCUT2D eigenvalue weighted by Crippen LogP contribution is -2.55. The van der Waals surface area contributed by atoms with Gasteiger partial charge in [0.2, 0.25) is 0 Å². The van der Waals surface area contributed by atoms with Crippen LogP contribution in [0.2, 0.25) is 0 Å². The van der Waals surface area contributed by atoms with E-state index in [9.17, 15) is 9.50 Å². The average molecular weight is 353 g/mol. The van der Waals surface area contributed by atoms with E-state index in [1.165, 1.54) is 6.07 Å². The van der Waals surface area contributed by atoms with Gasteiger partial charge in [0.15, 0.2) is 5.82 Å². The van der Waals surface area contributed by atoms with Crippen molar-refractivity contribution in [1.29, 1.82) is 5.26 Å². The zero-order valence-electron chi connectivity index (χ0n) is 14.4. The zero-order chi connectivity index (χ0) is 18.3. The van der Waals surface area contributed by atoms with E-state index in [1.807, 2.05) is 18.0 Å². The van der Waals surface area contributed by atoms with Crippen LogP contribution in [0.1, 0.15) is 24.8 Å². The number of nitrogens with zero attached hydrogens (tertiary/aromatic N) is 4. The minimum absolute atomic E-state index is 0.0155. The second-order valence-corrected chi connectivity index (χ2v) is 7.03. The second-order valence-electron chi connectivity index (χ2n) is 7.03. The molecule has 6 nitrogen and oxygen atoms in total. The lowest BCUT2D eigenvalue weighted by molar-refractivity contribution is 0.176. The summed E-state index contributed by atoms with van der Waals surface area (Å²) in [5.74, 6) is 0.592. The quantitative estimate of drug-likeness (QED) is 0.881. The number of alkyl halides is 1. The molecular formula is C19H20FN5O. The molecule has 7 heteroatoms. The topological polar surface area (TPSA) is 85.1 Å². The predicted molar refractivity (Wildman–Crippen MR) is 95.5 cm³/mol. The first-order valence-electron chi connectivity index (χ1n) is 8.77. The fraction of sp³-hybridized carbons (Fsp3) is 0.421. The molecule has 2 unspecified atom stereocenters. The number of hydrogen-bond donors (Lipinski definition) is 2. The third kappa shape index (κ3) is 2.86. The second kappa shape index (κ2) is 6.54. The summed E-state index contributed by atoms with van der Waals surface area (Å²) in [4.78, 5) is 1.87. The molecule has 2 aliphatic heterocycles. The van der Waals surface area contributed by atoms with Crippen molar-refractivity contribution in [3.05, 3.63) is 35.9 Å². The number of nitrogens with one attached hydrogen (secondary N) is 1. The molecule has 1 aromatic heterocycles. The third-order valence-electron chi connectivity index (χ3n) is 5.47. The molecule has 1 aromatic carbocycles. The Balaban J connectivity index is 1.55. The maximum Gasteiger partial charge on any atom is 0.151 e. The van der Waals surface area contributed by atoms with Crippen LogP contribution < -0.4 is 10.2 Å². The molecule has 0 amide bonds. The summed E-state index contributed by atoms with van der Waals surface area (Å²) in [6, 6.07) is 10.3. The summed E-state index contributed by atoms with van der Waals surface area (Å²) >= 11 is 0. The molecule has 134 valence electrons. The monoisotopic (exact) mass is 353 g/mol. The number of anilines is 1. The van der Waals surface area contributed by atoms with E-state index in [1.54, 1.807) is 24.3 Å². The molecule has 0 spiro atoms. The standard InChI is InChI=1S/C19H20FN5O/c1-25(16-9-12-3-5-15(22-12)19(16)20)18-7-6-14(23-24-18)13-4-2-11(10-21)8-17(13)26/h2,4,6-8,12,15-16,19,22,26H,3,5,9H2,1H3/t12?,15?,16-,19+/m1/s1. The number of hydrogen-bond acceptors (Lipinski definition) is 6. The van der Waals surface area contributed by atoms with Crippen molar-refractivity contribution in [2.75, 3.05) is 11.9 Å². The van der Waals surface area contributed by atoms with Crippen LogP contribution in [0, 0.1) is 11.3 Å². The van der Waals surface area contributed by atoms with Gasteiger partial charge in [0.05, 0.1) is 23.4 Å². The van der Waals surface area contributed by atoms with Gasteiger partial charge in [0.1, 0.15) is 11.9 Å². The van der Waals surface area contributed by atoms with Gasteiger partial charge in [-0.25, -0.2) is 4.39 Å². The number of aromatic nitrogens is 2. The van der Waals surface area contributed by atoms with E-state index in [-0.39, 0.29) is 17.8 Å². The molecule has 2 aliphatic rings. The van der Waals surface area contributed by atoms with Gasteiger partial charge in [-0.2, -0.15) is 5.26 Å². The van der Waals surface area contributed by atoms with Crippen LogP contribution in [0.25, 0.3) is 11.3 Å². The molecule has 2 N–H and O–H groups in total. The maximum absolute atomic E-state index is 14.7. The minimum atomic E-state index is -0.928. The summed E-state index contributed by atoms with van der Waals surface area (Å²) in [7, 11) is 1.85. The number of piperidine rings is 1. The smallest absolute Gasteiger partial charge is 0.151 e. The van der Waals surface area contributed by atoms with E-state index in [4.69, 9.17) is 5.26 Å². The van der Waals surface area contributed by atoms with Crippen LogP contribution >= 0.6 is 0 Å². The van der Waals surface area contributed by atoms with Gasteiger partial charge in [0.25, 0.3) is 0 Å². The van der Waals surface area contributed by atoms with Gasteiger partial charge in [-0.3, -0.25) is 0 Å². The van der Waals surface area contributed by atoms with Gasteiger partial charge < -0.3 is 15.3 Å². The highest BCUT2D eigenvalue weighted by atomic mass is 19.1. The Labute approximate surface area is 151 Å². The zero-order valence-corrected chi connectivity index (χ0v) is 14.4. The van der Waals surface area contributed by atoms with E-state index < -0.39 is 6.17 Å². The Morgan fingerprint density at radius 3 is 2.81 bits per heavy atom. The molecule has 2 fully saturated rings. The summed E-state index contributed by atoms with van der Waals surface area (Å²) in [6.07, 6.45) is 1.74. The van der Waals surface area contributed by atoms with Crippen LogP contribution in [-0.4, -0.2) is 46.6 Å². The number of phenolic OH excluding ortho intramolecular Hbond substituents is 1. The Kier molecular flexibility index (Phi) is 4.21. The van der Waals surface area contributed by atoms with Crippen molar-refractivity contribution in [2.45, 2.75) is 43.6 Å². The summed E-state index contributed by atoms with van der Waals surface area (Å²) in [6.45, 7) is 0. The fourth-order valence-corrected chi connectivity index (χ4v) is 3.99. The van der Waals surface area contributed by atoms with Gasteiger partial charge in [0, 0.05) is 24.7 Å². The first-order valence-corrected chi connectivity index (χ1v) is 8.77. The summed E-state index contributed by atoms with van der Waals surface area (Å²) in [5.41, 5.74) is 1.39. The molecule has 4 rings (SSSR count). The van der Waals surface area contributed by atoms with Gasteiger partial charge in [-0.05, 0) is 49.6 Å². The number of rotatable bonds is 3. The number of aromatic hydroxyl groups is 1. The SMILES string of the molecule is CN(c1ccc(-c2ccc(C#N)cc2O)nn1)[C@@H]1CC2CCC(N2)[C@@H]1F. The largest absolute Gasteiger partial charge is 0.507 e. The average Bonchev–Trinajstić information content (AvgIpc) is 3.08. The molecule has 26 heavy (non-hydrogen) atoms. The van der Waals surface area contributed by atoms with Crippen molar-refractivity contribution >= 4 is 5.82 Å². The lowest BCUT2D eigenvalue weighted by atomic mass is 9.96. The van der Waals surface area contributed by atoms with Crippen LogP contribution in [0.5, 0.6) is 5.75 Å². The first-order chi connectivity index (χ1) is 12.6. The highest BCUT2D eigenvalue weighted by Gasteiger charge is 2.43. The van der Waals surface area contributed by atoms with E-state index in [0.29, 0.717) is 28.7 Å². The van der Waals surface area contributed by atoms with Gasteiger partial charge in [-0.1, -0.05) is 0 Å². The van der Waals surface area contributed by atoms with Crippen molar-refractivity contribution < 1.29 is 9.50 Å². The molecular weight excluding hydrogens is 333 g/mol. The number of nitriles is 1. The molecule has 0 aliphatic carbocycles. The Morgan fingerprint density at radius 1 is 1.27 bits per heavy atom. The van der Waals surface area contributed by atoms with Crippen LogP contribution in [0.3, 0.4) is 0 Å². The molecule has 3 heterocycles. The lowest BCUT2D eigenvalue weighted by Gasteiger charge is -2.38. The van der Waals surface area contributed by atoms with Crippen LogP contribution in [0.4, 0.5) is 10.2 Å². The van der Waals surface area contributed by atoms with Crippen LogP contribution in [-0.2, 0) is 0 Å². The predicted octanol–water partition coefficient (Wildman–Crippen LogP) is 2.39. The maximum atomic E-state index is 14.7. The normalized spacial score (nSPS) is 27.1. The van der Waals surface area contributed by atoms with Crippen molar-refractivity contribution in [3.8, 4) is 23.1 Å². The molecule has 0 saturated carbocycles. The fourth-order valence-electron chi connectivity index (χ4n) is 3.99. The number of benzene rings is 1. The Bertz CT molecular complexity index is 850. The highest BCUT2D eigenvalue weighted by Crippen LogP contribution is 2.34. The highest BCUT2D eigenvalue weighted by molar-refractivity contribution is 5.68. The Morgan fingerprint density at radius 2 is 2.12 bits per heavy atom. The molecule has 2 aromatic rings. The molecule has 2 bridgehead atoms. The Hall–Kier alpha value is -2.72. The van der Waals surface area contributed by atoms with E-state index in [0.717, 1.165) is 19.3 Å². The van der Waals surface area contributed by atoms with E-state index >= 15 is 0 Å². The van der Waals surface area contributed by atoms with Gasteiger partial charge >= 0.3 is 0 Å². The molecule has 2 saturated heterocycles. The summed E-state index contributed by atoms with van der Waals surface area (Å²) < 4.78 is 14.7. The van der Waals surface area contributed by atoms with Crippen molar-refractivity contribution in [1.82, 2.24) is 15.5 Å². The van der Waals surface area contributed by atoms with E-state index in [2.05, 4.69) is 15.5 Å². The molecule has 0 radical (unpaired) electrons. The van der Waals surface area contributed by atoms with Crippen LogP contribution in [0.15, 0.2) is 30.3 Å².